The number of benzene rings is 1. The molecule has 0 bridgehead atoms. The molecule has 1 aliphatic heterocycles. The van der Waals surface area contributed by atoms with Gasteiger partial charge in [0.25, 0.3) is 0 Å². The Bertz CT molecular complexity index is 418. The van der Waals surface area contributed by atoms with Crippen molar-refractivity contribution >= 4 is 11.8 Å². The molecule has 1 fully saturated rings. The van der Waals surface area contributed by atoms with Crippen LogP contribution in [0.5, 0.6) is 11.5 Å². The smallest absolute Gasteiger partial charge is 0.133 e. The maximum Gasteiger partial charge on any atom is 0.133 e. The minimum atomic E-state index is -0.449. The first-order chi connectivity index (χ1) is 8.14. The van der Waals surface area contributed by atoms with Crippen LogP contribution in [0.4, 0.5) is 0 Å². The number of nitrogens with two attached hydrogens (primary N) is 1. The highest BCUT2D eigenvalue weighted by atomic mass is 32.2. The zero-order valence-electron chi connectivity index (χ0n) is 10.3. The monoisotopic (exact) mass is 255 g/mol. The van der Waals surface area contributed by atoms with Gasteiger partial charge in [0, 0.05) is 5.56 Å². The predicted octanol–water partition coefficient (Wildman–Crippen LogP) is 1.61. The van der Waals surface area contributed by atoms with Crippen molar-refractivity contribution in [2.24, 2.45) is 5.73 Å². The average Bonchev–Trinajstić information content (AvgIpc) is 2.34. The third-order valence-electron chi connectivity index (χ3n) is 2.96. The van der Waals surface area contributed by atoms with Crippen LogP contribution in [0.3, 0.4) is 0 Å². The normalized spacial score (nSPS) is 17.4. The van der Waals surface area contributed by atoms with Gasteiger partial charge in [-0.2, -0.15) is 0 Å². The highest BCUT2D eigenvalue weighted by Gasteiger charge is 2.39. The van der Waals surface area contributed by atoms with Crippen molar-refractivity contribution < 1.29 is 14.2 Å². The molecule has 2 rings (SSSR count). The van der Waals surface area contributed by atoms with E-state index in [0.717, 1.165) is 22.0 Å². The lowest BCUT2D eigenvalue weighted by Crippen LogP contribution is -2.54. The zero-order chi connectivity index (χ0) is 12.5. The molecule has 5 heteroatoms. The Kier molecular flexibility index (Phi) is 3.51. The van der Waals surface area contributed by atoms with Crippen LogP contribution in [0.15, 0.2) is 17.0 Å². The summed E-state index contributed by atoms with van der Waals surface area (Å²) < 4.78 is 16.0. The molecule has 1 heterocycles. The van der Waals surface area contributed by atoms with Crippen molar-refractivity contribution in [3.8, 4) is 11.5 Å². The molecule has 94 valence electrons. The second kappa shape index (κ2) is 4.76. The number of hydrogen-bond acceptors (Lipinski definition) is 5. The molecular weight excluding hydrogens is 238 g/mol. The topological polar surface area (TPSA) is 53.7 Å². The molecule has 1 saturated heterocycles. The van der Waals surface area contributed by atoms with Crippen LogP contribution in [0.2, 0.25) is 0 Å². The van der Waals surface area contributed by atoms with E-state index in [1.807, 2.05) is 18.4 Å². The molecule has 0 radical (unpaired) electrons. The van der Waals surface area contributed by atoms with Crippen LogP contribution in [-0.2, 0) is 10.3 Å². The van der Waals surface area contributed by atoms with Crippen LogP contribution >= 0.6 is 11.8 Å². The standard InChI is InChI=1S/C12H17NO3S/c1-14-9-5-11(17-3)10(15-2)4-8(9)12(13)6-16-7-12/h4-5H,6-7,13H2,1-3H3. The largest absolute Gasteiger partial charge is 0.496 e. The van der Waals surface area contributed by atoms with Gasteiger partial charge in [-0.3, -0.25) is 0 Å². The third kappa shape index (κ3) is 2.10. The third-order valence-corrected chi connectivity index (χ3v) is 3.72. The second-order valence-electron chi connectivity index (χ2n) is 4.06. The van der Waals surface area contributed by atoms with Crippen LogP contribution in [0.25, 0.3) is 0 Å². The summed E-state index contributed by atoms with van der Waals surface area (Å²) >= 11 is 1.62. The molecule has 0 amide bonds. The Morgan fingerprint density at radius 3 is 2.29 bits per heavy atom. The lowest BCUT2D eigenvalue weighted by molar-refractivity contribution is -0.0579. The summed E-state index contributed by atoms with van der Waals surface area (Å²) in [4.78, 5) is 1.04. The number of rotatable bonds is 4. The lowest BCUT2D eigenvalue weighted by atomic mass is 9.88. The van der Waals surface area contributed by atoms with Gasteiger partial charge in [-0.15, -0.1) is 11.8 Å². The Labute approximate surface area is 105 Å². The van der Waals surface area contributed by atoms with Crippen LogP contribution < -0.4 is 15.2 Å². The summed E-state index contributed by atoms with van der Waals surface area (Å²) in [5, 5.41) is 0. The molecule has 1 aromatic rings. The van der Waals surface area contributed by atoms with Gasteiger partial charge >= 0.3 is 0 Å². The fraction of sp³-hybridized carbons (Fsp3) is 0.500. The molecular formula is C12H17NO3S. The Morgan fingerprint density at radius 2 is 1.88 bits per heavy atom. The minimum absolute atomic E-state index is 0.449. The van der Waals surface area contributed by atoms with Gasteiger partial charge in [0.05, 0.1) is 37.9 Å². The van der Waals surface area contributed by atoms with Gasteiger partial charge in [0.15, 0.2) is 0 Å². The Balaban J connectivity index is 2.49. The van der Waals surface area contributed by atoms with E-state index in [9.17, 15) is 0 Å². The highest BCUT2D eigenvalue weighted by molar-refractivity contribution is 7.98. The molecule has 0 unspecified atom stereocenters. The molecule has 0 atom stereocenters. The van der Waals surface area contributed by atoms with Crippen LogP contribution in [0.1, 0.15) is 5.56 Å². The summed E-state index contributed by atoms with van der Waals surface area (Å²) in [5.74, 6) is 1.62. The molecule has 0 saturated carbocycles. The Morgan fingerprint density at radius 1 is 1.24 bits per heavy atom. The summed E-state index contributed by atoms with van der Waals surface area (Å²) in [6, 6.07) is 3.92. The van der Waals surface area contributed by atoms with E-state index in [-0.39, 0.29) is 0 Å². The lowest BCUT2D eigenvalue weighted by Gasteiger charge is -2.39. The van der Waals surface area contributed by atoms with Gasteiger partial charge in [0.1, 0.15) is 11.5 Å². The van der Waals surface area contributed by atoms with Gasteiger partial charge in [-0.25, -0.2) is 0 Å². The van der Waals surface area contributed by atoms with Gasteiger partial charge in [-0.05, 0) is 18.4 Å². The molecule has 4 nitrogen and oxygen atoms in total. The first-order valence-corrected chi connectivity index (χ1v) is 6.54. The van der Waals surface area contributed by atoms with Crippen LogP contribution in [-0.4, -0.2) is 33.7 Å². The second-order valence-corrected chi connectivity index (χ2v) is 4.90. The molecule has 0 spiro atoms. The fourth-order valence-corrected chi connectivity index (χ4v) is 2.46. The van der Waals surface area contributed by atoms with Gasteiger partial charge < -0.3 is 19.9 Å². The first kappa shape index (κ1) is 12.5. The number of hydrogen-bond donors (Lipinski definition) is 1. The van der Waals surface area contributed by atoms with E-state index in [2.05, 4.69) is 0 Å². The van der Waals surface area contributed by atoms with E-state index >= 15 is 0 Å². The van der Waals surface area contributed by atoms with Crippen molar-refractivity contribution in [1.82, 2.24) is 0 Å². The zero-order valence-corrected chi connectivity index (χ0v) is 11.1. The highest BCUT2D eigenvalue weighted by Crippen LogP contribution is 2.40. The van der Waals surface area contributed by atoms with Crippen molar-refractivity contribution in [2.75, 3.05) is 33.7 Å². The summed E-state index contributed by atoms with van der Waals surface area (Å²) in [7, 11) is 3.31. The van der Waals surface area contributed by atoms with Crippen LogP contribution in [0, 0.1) is 0 Å². The predicted molar refractivity (Wildman–Crippen MR) is 68.0 cm³/mol. The van der Waals surface area contributed by atoms with Crippen molar-refractivity contribution in [3.05, 3.63) is 17.7 Å². The molecule has 2 N–H and O–H groups in total. The van der Waals surface area contributed by atoms with E-state index in [4.69, 9.17) is 19.9 Å². The van der Waals surface area contributed by atoms with Gasteiger partial charge in [-0.1, -0.05) is 0 Å². The average molecular weight is 255 g/mol. The quantitative estimate of drug-likeness (QED) is 0.828. The first-order valence-electron chi connectivity index (χ1n) is 5.31. The molecule has 17 heavy (non-hydrogen) atoms. The SMILES string of the molecule is COc1cc(C2(N)COC2)c(OC)cc1SC. The van der Waals surface area contributed by atoms with E-state index in [1.165, 1.54) is 0 Å². The number of thioether (sulfide) groups is 1. The van der Waals surface area contributed by atoms with Crippen molar-refractivity contribution in [2.45, 2.75) is 10.4 Å². The molecule has 0 aromatic heterocycles. The fourth-order valence-electron chi connectivity index (χ4n) is 1.90. The molecule has 0 aliphatic carbocycles. The minimum Gasteiger partial charge on any atom is -0.496 e. The maximum atomic E-state index is 6.25. The van der Waals surface area contributed by atoms with Crippen molar-refractivity contribution in [3.63, 3.8) is 0 Å². The Hall–Kier alpha value is -0.910. The summed E-state index contributed by atoms with van der Waals surface area (Å²) in [5.41, 5.74) is 6.74. The van der Waals surface area contributed by atoms with Crippen molar-refractivity contribution in [1.29, 1.82) is 0 Å². The molecule has 1 aromatic carbocycles. The van der Waals surface area contributed by atoms with Gasteiger partial charge in [0.2, 0.25) is 0 Å². The summed E-state index contributed by atoms with van der Waals surface area (Å²) in [6.45, 7) is 1.04. The molecule has 1 aliphatic rings. The van der Waals surface area contributed by atoms with E-state index in [0.29, 0.717) is 13.2 Å². The maximum absolute atomic E-state index is 6.25. The van der Waals surface area contributed by atoms with E-state index in [1.54, 1.807) is 26.0 Å². The number of methoxy groups -OCH3 is 2. The number of ether oxygens (including phenoxy) is 3. The van der Waals surface area contributed by atoms with E-state index < -0.39 is 5.54 Å². The summed E-state index contributed by atoms with van der Waals surface area (Å²) in [6.07, 6.45) is 2.00.